The molecule has 0 aliphatic heterocycles. The first-order chi connectivity index (χ1) is 14.9. The summed E-state index contributed by atoms with van der Waals surface area (Å²) < 4.78 is 48.0. The van der Waals surface area contributed by atoms with Gasteiger partial charge < -0.3 is 9.63 Å². The van der Waals surface area contributed by atoms with Gasteiger partial charge in [0.15, 0.2) is 5.76 Å². The number of thioether (sulfide) groups is 1. The lowest BCUT2D eigenvalue weighted by Gasteiger charge is -2.15. The molecule has 0 radical (unpaired) electrons. The number of aromatic nitrogens is 3. The number of hydrogen-bond acceptors (Lipinski definition) is 6. The molecule has 0 bridgehead atoms. The van der Waals surface area contributed by atoms with E-state index in [0.717, 1.165) is 18.2 Å². The first-order valence-electron chi connectivity index (χ1n) is 8.83. The number of halogens is 4. The largest absolute Gasteiger partial charge is 0.383 e. The van der Waals surface area contributed by atoms with Crippen molar-refractivity contribution < 1.29 is 22.8 Å². The van der Waals surface area contributed by atoms with Crippen molar-refractivity contribution in [3.63, 3.8) is 0 Å². The summed E-state index contributed by atoms with van der Waals surface area (Å²) >= 11 is 7.10. The predicted octanol–water partition coefficient (Wildman–Crippen LogP) is 5.67. The first-order valence-corrected chi connectivity index (χ1v) is 10.4. The lowest BCUT2D eigenvalue weighted by Crippen LogP contribution is -2.06. The summed E-state index contributed by atoms with van der Waals surface area (Å²) in [6.07, 6.45) is 3.02. The van der Waals surface area contributed by atoms with E-state index in [4.69, 9.17) is 16.1 Å². The summed E-state index contributed by atoms with van der Waals surface area (Å²) in [6, 6.07) is 6.77. The second-order valence-electron chi connectivity index (χ2n) is 6.41. The fraction of sp³-hybridized carbons (Fsp3) is 0.0952. The van der Waals surface area contributed by atoms with Crippen molar-refractivity contribution in [1.29, 1.82) is 0 Å². The fourth-order valence-corrected chi connectivity index (χ4v) is 3.85. The molecule has 1 atom stereocenters. The molecule has 0 aliphatic rings. The van der Waals surface area contributed by atoms with E-state index in [0.29, 0.717) is 11.1 Å². The predicted molar refractivity (Wildman–Crippen MR) is 110 cm³/mol. The Bertz CT molecular complexity index is 1200. The Morgan fingerprint density at radius 3 is 2.52 bits per heavy atom. The molecule has 2 aromatic carbocycles. The minimum absolute atomic E-state index is 0.0153. The highest BCUT2D eigenvalue weighted by molar-refractivity contribution is 7.98. The van der Waals surface area contributed by atoms with Crippen LogP contribution < -0.4 is 0 Å². The molecule has 0 amide bonds. The van der Waals surface area contributed by atoms with E-state index in [1.165, 1.54) is 36.4 Å². The van der Waals surface area contributed by atoms with Crippen LogP contribution in [0.5, 0.6) is 0 Å². The molecule has 31 heavy (non-hydrogen) atoms. The highest BCUT2D eigenvalue weighted by Gasteiger charge is 2.30. The molecule has 2 aromatic heterocycles. The van der Waals surface area contributed by atoms with Gasteiger partial charge in [0, 0.05) is 28.4 Å². The number of nitrogens with zero attached hydrogens (tertiary/aromatic N) is 3. The molecule has 0 saturated heterocycles. The van der Waals surface area contributed by atoms with Gasteiger partial charge in [0.05, 0.1) is 11.1 Å². The Hall–Kier alpha value is -2.88. The van der Waals surface area contributed by atoms with Gasteiger partial charge in [-0.05, 0) is 36.6 Å². The molecular formula is C21H13ClF3N3O2S. The monoisotopic (exact) mass is 463 g/mol. The average Bonchev–Trinajstić information content (AvgIpc) is 3.17. The Balaban J connectivity index is 1.98. The van der Waals surface area contributed by atoms with Crippen molar-refractivity contribution in [3.8, 4) is 22.6 Å². The smallest absolute Gasteiger partial charge is 0.176 e. The average molecular weight is 464 g/mol. The van der Waals surface area contributed by atoms with E-state index in [-0.39, 0.29) is 38.7 Å². The van der Waals surface area contributed by atoms with E-state index >= 15 is 0 Å². The van der Waals surface area contributed by atoms with Crippen molar-refractivity contribution >= 4 is 23.4 Å². The van der Waals surface area contributed by atoms with Crippen LogP contribution in [0, 0.1) is 17.5 Å². The van der Waals surface area contributed by atoms with Crippen LogP contribution in [-0.2, 0) is 0 Å². The van der Waals surface area contributed by atoms with Crippen molar-refractivity contribution in [2.45, 2.75) is 11.1 Å². The maximum Gasteiger partial charge on any atom is 0.176 e. The molecule has 158 valence electrons. The quantitative estimate of drug-likeness (QED) is 0.303. The Morgan fingerprint density at radius 2 is 1.81 bits per heavy atom. The number of aliphatic hydroxyl groups is 1. The number of aliphatic hydroxyl groups excluding tert-OH is 1. The molecule has 5 nitrogen and oxygen atoms in total. The molecule has 1 unspecified atom stereocenters. The zero-order valence-electron chi connectivity index (χ0n) is 15.8. The van der Waals surface area contributed by atoms with Gasteiger partial charge in [-0.25, -0.2) is 23.1 Å². The summed E-state index contributed by atoms with van der Waals surface area (Å²) in [4.78, 5) is 8.05. The van der Waals surface area contributed by atoms with Gasteiger partial charge >= 0.3 is 0 Å². The van der Waals surface area contributed by atoms with Gasteiger partial charge in [-0.3, -0.25) is 0 Å². The Morgan fingerprint density at radius 1 is 1.06 bits per heavy atom. The molecule has 4 rings (SSSR count). The highest BCUT2D eigenvalue weighted by Crippen LogP contribution is 2.42. The van der Waals surface area contributed by atoms with E-state index in [9.17, 15) is 18.3 Å². The molecule has 0 fully saturated rings. The van der Waals surface area contributed by atoms with Crippen molar-refractivity contribution in [2.24, 2.45) is 0 Å². The van der Waals surface area contributed by atoms with Crippen LogP contribution in [0.25, 0.3) is 22.6 Å². The summed E-state index contributed by atoms with van der Waals surface area (Å²) in [5.41, 5.74) is 0.0513. The van der Waals surface area contributed by atoms with Crippen LogP contribution in [0.4, 0.5) is 13.2 Å². The highest BCUT2D eigenvalue weighted by atomic mass is 35.5. The molecule has 0 spiro atoms. The lowest BCUT2D eigenvalue weighted by atomic mass is 9.95. The first kappa shape index (κ1) is 21.4. The van der Waals surface area contributed by atoms with E-state index < -0.39 is 23.6 Å². The van der Waals surface area contributed by atoms with E-state index in [2.05, 4.69) is 15.1 Å². The maximum absolute atomic E-state index is 14.7. The second kappa shape index (κ2) is 8.70. The number of rotatable bonds is 5. The number of hydrogen-bond donors (Lipinski definition) is 1. The third kappa shape index (κ3) is 4.04. The van der Waals surface area contributed by atoms with Gasteiger partial charge in [-0.1, -0.05) is 16.8 Å². The van der Waals surface area contributed by atoms with Gasteiger partial charge in [-0.2, -0.15) is 0 Å². The van der Waals surface area contributed by atoms with Gasteiger partial charge in [-0.15, -0.1) is 11.8 Å². The van der Waals surface area contributed by atoms with Crippen LogP contribution in [0.3, 0.4) is 0 Å². The zero-order valence-corrected chi connectivity index (χ0v) is 17.4. The molecule has 1 N–H and O–H groups in total. The fourth-order valence-electron chi connectivity index (χ4n) is 3.14. The van der Waals surface area contributed by atoms with Crippen LogP contribution in [0.1, 0.15) is 17.2 Å². The molecule has 4 aromatic rings. The summed E-state index contributed by atoms with van der Waals surface area (Å²) in [6.45, 7) is 0. The summed E-state index contributed by atoms with van der Waals surface area (Å²) in [7, 11) is 0. The Kier molecular flexibility index (Phi) is 5.99. The normalized spacial score (nSPS) is 12.2. The third-order valence-electron chi connectivity index (χ3n) is 4.55. The molecule has 10 heteroatoms. The van der Waals surface area contributed by atoms with Crippen LogP contribution >= 0.6 is 23.4 Å². The standard InChI is InChI=1S/C21H13ClF3N3O2S/c1-31-21-14(8-26-9-27-21)19(29)17-18(12-4-2-10(22)6-15(12)24)28-30-20(17)13-5-3-11(23)7-16(13)25/h2-9,19,29H,1H3. The van der Waals surface area contributed by atoms with Crippen LogP contribution in [-0.4, -0.2) is 26.5 Å². The zero-order chi connectivity index (χ0) is 22.1. The topological polar surface area (TPSA) is 72.0 Å². The SMILES string of the molecule is CSc1ncncc1C(O)c1c(-c2ccc(Cl)cc2F)noc1-c1ccc(F)cc1F. The van der Waals surface area contributed by atoms with Crippen LogP contribution in [0.2, 0.25) is 5.02 Å². The minimum Gasteiger partial charge on any atom is -0.383 e. The van der Waals surface area contributed by atoms with E-state index in [1.807, 2.05) is 0 Å². The lowest BCUT2D eigenvalue weighted by molar-refractivity contribution is 0.216. The number of benzene rings is 2. The summed E-state index contributed by atoms with van der Waals surface area (Å²) in [5.74, 6) is -2.60. The van der Waals surface area contributed by atoms with E-state index in [1.54, 1.807) is 6.26 Å². The molecule has 0 saturated carbocycles. The molecular weight excluding hydrogens is 451 g/mol. The molecule has 0 aliphatic carbocycles. The minimum atomic E-state index is -1.44. The van der Waals surface area contributed by atoms with Gasteiger partial charge in [0.2, 0.25) is 0 Å². The van der Waals surface area contributed by atoms with Gasteiger partial charge in [0.1, 0.15) is 40.6 Å². The van der Waals surface area contributed by atoms with Gasteiger partial charge in [0.25, 0.3) is 0 Å². The second-order valence-corrected chi connectivity index (χ2v) is 7.64. The molecule has 2 heterocycles. The Labute approximate surface area is 183 Å². The summed E-state index contributed by atoms with van der Waals surface area (Å²) in [5, 5.41) is 15.7. The van der Waals surface area contributed by atoms with Crippen LogP contribution in [0.15, 0.2) is 58.5 Å². The third-order valence-corrected chi connectivity index (χ3v) is 5.52. The maximum atomic E-state index is 14.7. The van der Waals surface area contributed by atoms with Crippen molar-refractivity contribution in [2.75, 3.05) is 6.26 Å². The van der Waals surface area contributed by atoms with Crippen molar-refractivity contribution in [1.82, 2.24) is 15.1 Å². The van der Waals surface area contributed by atoms with Crippen molar-refractivity contribution in [3.05, 3.63) is 82.5 Å².